The molecular weight excluding hydrogens is 451 g/mol. The molecule has 0 aliphatic carbocycles. The van der Waals surface area contributed by atoms with Crippen molar-refractivity contribution in [1.29, 1.82) is 0 Å². The topological polar surface area (TPSA) is 89.6 Å². The smallest absolute Gasteiger partial charge is 0.290 e. The van der Waals surface area contributed by atoms with E-state index in [0.29, 0.717) is 17.1 Å². The van der Waals surface area contributed by atoms with Gasteiger partial charge in [0, 0.05) is 24.0 Å². The van der Waals surface area contributed by atoms with Gasteiger partial charge in [0.1, 0.15) is 18.1 Å². The highest BCUT2D eigenvalue weighted by molar-refractivity contribution is 5.97. The maximum atomic E-state index is 13.5. The predicted molar refractivity (Wildman–Crippen MR) is 129 cm³/mol. The van der Waals surface area contributed by atoms with Gasteiger partial charge in [0.15, 0.2) is 5.76 Å². The van der Waals surface area contributed by atoms with Gasteiger partial charge in [0.05, 0.1) is 19.1 Å². The number of ether oxygens (including phenoxy) is 1. The van der Waals surface area contributed by atoms with Crippen LogP contribution < -0.4 is 10.1 Å². The van der Waals surface area contributed by atoms with Gasteiger partial charge in [0.25, 0.3) is 5.91 Å². The van der Waals surface area contributed by atoms with Crippen molar-refractivity contribution in [3.63, 3.8) is 0 Å². The molecule has 4 aromatic rings. The van der Waals surface area contributed by atoms with Crippen LogP contribution in [-0.4, -0.2) is 46.5 Å². The molecule has 8 nitrogen and oxygen atoms in total. The summed E-state index contributed by atoms with van der Waals surface area (Å²) in [5, 5.41) is 2.76. The van der Waals surface area contributed by atoms with Crippen LogP contribution in [0.25, 0.3) is 16.9 Å². The average molecular weight is 474 g/mol. The van der Waals surface area contributed by atoms with Gasteiger partial charge >= 0.3 is 0 Å². The van der Waals surface area contributed by atoms with Crippen LogP contribution >= 0.6 is 0 Å². The van der Waals surface area contributed by atoms with Gasteiger partial charge in [-0.2, -0.15) is 0 Å². The minimum absolute atomic E-state index is 0.120. The molecule has 0 aliphatic rings. The van der Waals surface area contributed by atoms with Crippen LogP contribution in [0, 0.1) is 5.82 Å². The number of benzene rings is 2. The number of methoxy groups -OCH3 is 1. The molecule has 1 N–H and O–H groups in total. The van der Waals surface area contributed by atoms with E-state index in [1.54, 1.807) is 48.2 Å². The Morgan fingerprint density at radius 2 is 1.91 bits per heavy atom. The molecule has 0 atom stereocenters. The third-order valence-corrected chi connectivity index (χ3v) is 5.15. The zero-order valence-corrected chi connectivity index (χ0v) is 19.0. The molecule has 0 bridgehead atoms. The van der Waals surface area contributed by atoms with Gasteiger partial charge in [-0.3, -0.25) is 19.5 Å². The molecule has 0 fully saturated rings. The molecular formula is C26H23FN4O4. The zero-order chi connectivity index (χ0) is 24.8. The molecule has 2 heterocycles. The number of hydrogen-bond donors (Lipinski definition) is 1. The van der Waals surface area contributed by atoms with Crippen molar-refractivity contribution in [2.75, 3.05) is 25.5 Å². The highest BCUT2D eigenvalue weighted by Crippen LogP contribution is 2.26. The first-order valence-electron chi connectivity index (χ1n) is 10.7. The highest BCUT2D eigenvalue weighted by Gasteiger charge is 2.21. The molecule has 0 aliphatic heterocycles. The molecule has 2 amide bonds. The largest absolute Gasteiger partial charge is 0.497 e. The maximum Gasteiger partial charge on any atom is 0.290 e. The Bertz CT molecular complexity index is 1310. The quantitative estimate of drug-likeness (QED) is 0.360. The summed E-state index contributed by atoms with van der Waals surface area (Å²) < 4.78 is 25.5. The van der Waals surface area contributed by atoms with Gasteiger partial charge in [-0.05, 0) is 60.7 Å². The first-order valence-corrected chi connectivity index (χ1v) is 10.7. The number of imidazole rings is 1. The standard InChI is InChI=1S/C26H23FN4O4/c1-3-14-30(25(33)23-5-4-15-35-23)17-24(32)29-26-28-22(18-6-12-21(34-2)13-7-18)16-31(26)20-10-8-19(27)9-11-20/h3-13,15-16H,1,14,17H2,2H3,(H,28,29,32). The van der Waals surface area contributed by atoms with Crippen LogP contribution in [0.15, 0.2) is 90.2 Å². The van der Waals surface area contributed by atoms with E-state index >= 15 is 0 Å². The first kappa shape index (κ1) is 23.5. The predicted octanol–water partition coefficient (Wildman–Crippen LogP) is 4.55. The van der Waals surface area contributed by atoms with Gasteiger partial charge < -0.3 is 14.1 Å². The summed E-state index contributed by atoms with van der Waals surface area (Å²) in [6, 6.07) is 16.2. The van der Waals surface area contributed by atoms with Gasteiger partial charge in [-0.15, -0.1) is 6.58 Å². The van der Waals surface area contributed by atoms with E-state index < -0.39 is 11.8 Å². The molecule has 0 unspecified atom stereocenters. The monoisotopic (exact) mass is 474 g/mol. The lowest BCUT2D eigenvalue weighted by atomic mass is 10.1. The van der Waals surface area contributed by atoms with Crippen molar-refractivity contribution in [1.82, 2.24) is 14.5 Å². The van der Waals surface area contributed by atoms with E-state index in [-0.39, 0.29) is 30.6 Å². The molecule has 2 aromatic heterocycles. The maximum absolute atomic E-state index is 13.5. The van der Waals surface area contributed by atoms with E-state index in [1.165, 1.54) is 35.4 Å². The number of rotatable bonds is 9. The third kappa shape index (κ3) is 5.47. The number of nitrogens with zero attached hydrogens (tertiary/aromatic N) is 3. The van der Waals surface area contributed by atoms with Gasteiger partial charge in [0.2, 0.25) is 11.9 Å². The summed E-state index contributed by atoms with van der Waals surface area (Å²) in [6.45, 7) is 3.55. The second kappa shape index (κ2) is 10.5. The molecule has 0 spiro atoms. The second-order valence-corrected chi connectivity index (χ2v) is 7.52. The number of carbonyl (C=O) groups is 2. The highest BCUT2D eigenvalue weighted by atomic mass is 19.1. The van der Waals surface area contributed by atoms with Crippen LogP contribution in [0.3, 0.4) is 0 Å². The summed E-state index contributed by atoms with van der Waals surface area (Å²) in [5.41, 5.74) is 1.98. The Morgan fingerprint density at radius 1 is 1.17 bits per heavy atom. The first-order chi connectivity index (χ1) is 17.0. The Balaban J connectivity index is 1.61. The lowest BCUT2D eigenvalue weighted by Gasteiger charge is -2.19. The van der Waals surface area contributed by atoms with Crippen molar-refractivity contribution in [3.05, 3.63) is 97.4 Å². The number of aromatic nitrogens is 2. The molecule has 0 saturated carbocycles. The number of furan rings is 1. The minimum atomic E-state index is -0.470. The van der Waals surface area contributed by atoms with Crippen molar-refractivity contribution < 1.29 is 23.1 Å². The average Bonchev–Trinajstić information content (AvgIpc) is 3.55. The van der Waals surface area contributed by atoms with Gasteiger partial charge in [-0.25, -0.2) is 9.37 Å². The fourth-order valence-electron chi connectivity index (χ4n) is 3.44. The van der Waals surface area contributed by atoms with Crippen LogP contribution in [0.5, 0.6) is 5.75 Å². The summed E-state index contributed by atoms with van der Waals surface area (Å²) in [7, 11) is 1.58. The molecule has 2 aromatic carbocycles. The summed E-state index contributed by atoms with van der Waals surface area (Å²) in [6.07, 6.45) is 4.65. The number of halogens is 1. The van der Waals surface area contributed by atoms with Crippen LogP contribution in [0.2, 0.25) is 0 Å². The summed E-state index contributed by atoms with van der Waals surface area (Å²) in [4.78, 5) is 31.5. The fourth-order valence-corrected chi connectivity index (χ4v) is 3.44. The molecule has 0 radical (unpaired) electrons. The van der Waals surface area contributed by atoms with Crippen LogP contribution in [0.4, 0.5) is 10.3 Å². The van der Waals surface area contributed by atoms with Crippen molar-refractivity contribution in [2.45, 2.75) is 0 Å². The number of nitrogens with one attached hydrogen (secondary N) is 1. The molecule has 4 rings (SSSR count). The van der Waals surface area contributed by atoms with Crippen LogP contribution in [0.1, 0.15) is 10.6 Å². The van der Waals surface area contributed by atoms with E-state index in [4.69, 9.17) is 9.15 Å². The summed E-state index contributed by atoms with van der Waals surface area (Å²) >= 11 is 0. The van der Waals surface area contributed by atoms with E-state index in [9.17, 15) is 14.0 Å². The van der Waals surface area contributed by atoms with Gasteiger partial charge in [-0.1, -0.05) is 6.08 Å². The molecule has 35 heavy (non-hydrogen) atoms. The van der Waals surface area contributed by atoms with Crippen molar-refractivity contribution in [3.8, 4) is 22.7 Å². The fraction of sp³-hybridized carbons (Fsp3) is 0.115. The van der Waals surface area contributed by atoms with Crippen LogP contribution in [-0.2, 0) is 4.79 Å². The number of hydrogen-bond acceptors (Lipinski definition) is 5. The Labute approximate surface area is 201 Å². The zero-order valence-electron chi connectivity index (χ0n) is 19.0. The Morgan fingerprint density at radius 3 is 2.54 bits per heavy atom. The third-order valence-electron chi connectivity index (χ3n) is 5.15. The Kier molecular flexibility index (Phi) is 7.06. The normalized spacial score (nSPS) is 10.6. The van der Waals surface area contributed by atoms with E-state index in [0.717, 1.165) is 5.56 Å². The minimum Gasteiger partial charge on any atom is -0.497 e. The molecule has 0 saturated heterocycles. The molecule has 9 heteroatoms. The lowest BCUT2D eigenvalue weighted by molar-refractivity contribution is -0.116. The van der Waals surface area contributed by atoms with Crippen molar-refractivity contribution in [2.24, 2.45) is 0 Å². The SMILES string of the molecule is C=CCN(CC(=O)Nc1nc(-c2ccc(OC)cc2)cn1-c1ccc(F)cc1)C(=O)c1ccco1. The number of carbonyl (C=O) groups excluding carboxylic acids is 2. The second-order valence-electron chi connectivity index (χ2n) is 7.52. The van der Waals surface area contributed by atoms with E-state index in [2.05, 4.69) is 16.9 Å². The Hall–Kier alpha value is -4.66. The van der Waals surface area contributed by atoms with E-state index in [1.807, 2.05) is 12.1 Å². The van der Waals surface area contributed by atoms with Crippen molar-refractivity contribution >= 4 is 17.8 Å². The molecule has 178 valence electrons. The number of anilines is 1. The number of amides is 2. The lowest BCUT2D eigenvalue weighted by Crippen LogP contribution is -2.38. The summed E-state index contributed by atoms with van der Waals surface area (Å²) in [5.74, 6) is -0.256.